The Bertz CT molecular complexity index is 540. The Morgan fingerprint density at radius 1 is 1.17 bits per heavy atom. The van der Waals surface area contributed by atoms with Gasteiger partial charge in [0.1, 0.15) is 12.4 Å². The van der Waals surface area contributed by atoms with Gasteiger partial charge >= 0.3 is 0 Å². The third-order valence-corrected chi connectivity index (χ3v) is 2.64. The Kier molecular flexibility index (Phi) is 3.17. The maximum absolute atomic E-state index is 12.9. The van der Waals surface area contributed by atoms with Crippen LogP contribution in [0.15, 0.2) is 24.3 Å². The molecule has 0 aliphatic heterocycles. The predicted molar refractivity (Wildman–Crippen MR) is 66.3 cm³/mol. The van der Waals surface area contributed by atoms with Gasteiger partial charge in [-0.2, -0.15) is 0 Å². The minimum atomic E-state index is -0.289. The largest absolute Gasteiger partial charge is 0.388 e. The number of hydrogen-bond donors (Lipinski definition) is 1. The molecule has 1 heterocycles. The van der Waals surface area contributed by atoms with Crippen molar-refractivity contribution in [1.82, 2.24) is 14.8 Å². The lowest BCUT2D eigenvalue weighted by Crippen LogP contribution is -2.25. The molecule has 18 heavy (non-hydrogen) atoms. The van der Waals surface area contributed by atoms with E-state index in [1.165, 1.54) is 12.1 Å². The number of rotatable bonds is 2. The van der Waals surface area contributed by atoms with Gasteiger partial charge in [-0.1, -0.05) is 0 Å². The molecule has 0 aliphatic carbocycles. The third kappa shape index (κ3) is 2.26. The molecule has 5 heteroatoms. The first kappa shape index (κ1) is 12.7. The van der Waals surface area contributed by atoms with Crippen LogP contribution < -0.4 is 0 Å². The lowest BCUT2D eigenvalue weighted by atomic mass is 10.1. The fourth-order valence-corrected chi connectivity index (χ4v) is 1.91. The van der Waals surface area contributed by atoms with Crippen molar-refractivity contribution in [3.63, 3.8) is 0 Å². The molecule has 1 aromatic heterocycles. The zero-order valence-corrected chi connectivity index (χ0v) is 10.7. The molecular weight excluding hydrogens is 233 g/mol. The summed E-state index contributed by atoms with van der Waals surface area (Å²) in [6.45, 7) is 5.83. The van der Waals surface area contributed by atoms with Gasteiger partial charge < -0.3 is 9.67 Å². The van der Waals surface area contributed by atoms with Crippen LogP contribution in [-0.4, -0.2) is 19.9 Å². The van der Waals surface area contributed by atoms with Gasteiger partial charge in [-0.3, -0.25) is 0 Å². The van der Waals surface area contributed by atoms with Gasteiger partial charge in [0.15, 0.2) is 11.6 Å². The Morgan fingerprint density at radius 2 is 1.78 bits per heavy atom. The van der Waals surface area contributed by atoms with Crippen LogP contribution in [0.3, 0.4) is 0 Å². The van der Waals surface area contributed by atoms with Crippen molar-refractivity contribution >= 4 is 0 Å². The predicted octanol–water partition coefficient (Wildman–Crippen LogP) is 2.33. The molecule has 0 amide bonds. The molecule has 2 rings (SSSR count). The first-order valence-corrected chi connectivity index (χ1v) is 5.75. The third-order valence-electron chi connectivity index (χ3n) is 2.64. The van der Waals surface area contributed by atoms with E-state index in [1.54, 1.807) is 12.1 Å². The van der Waals surface area contributed by atoms with E-state index in [2.05, 4.69) is 10.2 Å². The molecule has 0 saturated heterocycles. The Balaban J connectivity index is 2.58. The van der Waals surface area contributed by atoms with Gasteiger partial charge in [0, 0.05) is 11.1 Å². The highest BCUT2D eigenvalue weighted by Gasteiger charge is 2.23. The zero-order chi connectivity index (χ0) is 13.3. The SMILES string of the molecule is CC(C)(C)n1c(CO)nnc1-c1ccc(F)cc1. The van der Waals surface area contributed by atoms with E-state index >= 15 is 0 Å². The monoisotopic (exact) mass is 249 g/mol. The van der Waals surface area contributed by atoms with E-state index in [9.17, 15) is 9.50 Å². The van der Waals surface area contributed by atoms with Gasteiger partial charge in [0.05, 0.1) is 0 Å². The Labute approximate surface area is 105 Å². The summed E-state index contributed by atoms with van der Waals surface area (Å²) >= 11 is 0. The van der Waals surface area contributed by atoms with Crippen LogP contribution in [0.1, 0.15) is 26.6 Å². The van der Waals surface area contributed by atoms with Crippen molar-refractivity contribution in [3.05, 3.63) is 35.9 Å². The average molecular weight is 249 g/mol. The van der Waals surface area contributed by atoms with Gasteiger partial charge in [0.2, 0.25) is 0 Å². The second kappa shape index (κ2) is 4.49. The van der Waals surface area contributed by atoms with Crippen LogP contribution in [0, 0.1) is 5.82 Å². The van der Waals surface area contributed by atoms with Gasteiger partial charge in [-0.25, -0.2) is 4.39 Å². The molecule has 4 nitrogen and oxygen atoms in total. The summed E-state index contributed by atoms with van der Waals surface area (Å²) in [5.41, 5.74) is 0.518. The smallest absolute Gasteiger partial charge is 0.164 e. The lowest BCUT2D eigenvalue weighted by Gasteiger charge is -2.24. The summed E-state index contributed by atoms with van der Waals surface area (Å²) in [7, 11) is 0. The molecule has 1 aromatic carbocycles. The highest BCUT2D eigenvalue weighted by atomic mass is 19.1. The van der Waals surface area contributed by atoms with Gasteiger partial charge in [0.25, 0.3) is 0 Å². The van der Waals surface area contributed by atoms with E-state index in [4.69, 9.17) is 0 Å². The Morgan fingerprint density at radius 3 is 2.28 bits per heavy atom. The van der Waals surface area contributed by atoms with E-state index in [0.717, 1.165) is 5.56 Å². The fraction of sp³-hybridized carbons (Fsp3) is 0.385. The summed E-state index contributed by atoms with van der Waals surface area (Å²) in [5.74, 6) is 0.844. The number of halogens is 1. The number of aromatic nitrogens is 3. The van der Waals surface area contributed by atoms with Crippen LogP contribution in [0.25, 0.3) is 11.4 Å². The van der Waals surface area contributed by atoms with Crippen LogP contribution in [0.2, 0.25) is 0 Å². The standard InChI is InChI=1S/C13H16FN3O/c1-13(2,3)17-11(8-18)15-16-12(17)9-4-6-10(14)7-5-9/h4-7,18H,8H2,1-3H3. The lowest BCUT2D eigenvalue weighted by molar-refractivity contribution is 0.250. The number of benzene rings is 1. The summed E-state index contributed by atoms with van der Waals surface area (Å²) in [4.78, 5) is 0. The van der Waals surface area contributed by atoms with E-state index in [-0.39, 0.29) is 18.0 Å². The summed E-state index contributed by atoms with van der Waals surface area (Å²) < 4.78 is 14.8. The summed E-state index contributed by atoms with van der Waals surface area (Å²) in [6.07, 6.45) is 0. The van der Waals surface area contributed by atoms with Crippen molar-refractivity contribution in [1.29, 1.82) is 0 Å². The molecule has 0 spiro atoms. The van der Waals surface area contributed by atoms with Crippen LogP contribution in [-0.2, 0) is 12.1 Å². The molecule has 0 unspecified atom stereocenters. The number of nitrogens with zero attached hydrogens (tertiary/aromatic N) is 3. The molecule has 96 valence electrons. The second-order valence-corrected chi connectivity index (χ2v) is 5.11. The fourth-order valence-electron chi connectivity index (χ4n) is 1.91. The minimum Gasteiger partial charge on any atom is -0.388 e. The quantitative estimate of drug-likeness (QED) is 0.888. The minimum absolute atomic E-state index is 0.175. The molecule has 0 atom stereocenters. The van der Waals surface area contributed by atoms with Crippen molar-refractivity contribution < 1.29 is 9.50 Å². The molecule has 0 radical (unpaired) electrons. The number of hydrogen-bond acceptors (Lipinski definition) is 3. The molecule has 1 N–H and O–H groups in total. The van der Waals surface area contributed by atoms with Crippen molar-refractivity contribution in [2.75, 3.05) is 0 Å². The first-order valence-electron chi connectivity index (χ1n) is 5.75. The average Bonchev–Trinajstić information content (AvgIpc) is 2.73. The van der Waals surface area contributed by atoms with Crippen molar-refractivity contribution in [2.45, 2.75) is 32.9 Å². The molecule has 0 saturated carbocycles. The maximum Gasteiger partial charge on any atom is 0.164 e. The summed E-state index contributed by atoms with van der Waals surface area (Å²) in [6, 6.07) is 6.08. The second-order valence-electron chi connectivity index (χ2n) is 5.11. The molecule has 0 fully saturated rings. The number of aliphatic hydroxyl groups excluding tert-OH is 1. The van der Waals surface area contributed by atoms with Crippen molar-refractivity contribution in [3.8, 4) is 11.4 Å². The van der Waals surface area contributed by atoms with E-state index < -0.39 is 0 Å². The normalized spacial score (nSPS) is 11.8. The maximum atomic E-state index is 12.9. The number of aliphatic hydroxyl groups is 1. The molecular formula is C13H16FN3O. The molecule has 0 bridgehead atoms. The van der Waals surface area contributed by atoms with Crippen molar-refractivity contribution in [2.24, 2.45) is 0 Å². The van der Waals surface area contributed by atoms with Gasteiger partial charge in [-0.15, -0.1) is 10.2 Å². The van der Waals surface area contributed by atoms with Crippen LogP contribution in [0.4, 0.5) is 4.39 Å². The van der Waals surface area contributed by atoms with Crippen LogP contribution >= 0.6 is 0 Å². The molecule has 2 aromatic rings. The van der Waals surface area contributed by atoms with E-state index in [1.807, 2.05) is 25.3 Å². The highest BCUT2D eigenvalue weighted by Crippen LogP contribution is 2.26. The molecule has 0 aliphatic rings. The topological polar surface area (TPSA) is 50.9 Å². The van der Waals surface area contributed by atoms with Crippen LogP contribution in [0.5, 0.6) is 0 Å². The first-order chi connectivity index (χ1) is 8.43. The summed E-state index contributed by atoms with van der Waals surface area (Å²) in [5, 5.41) is 17.4. The van der Waals surface area contributed by atoms with Gasteiger partial charge in [-0.05, 0) is 45.0 Å². The van der Waals surface area contributed by atoms with E-state index in [0.29, 0.717) is 11.6 Å². The zero-order valence-electron chi connectivity index (χ0n) is 10.7. The Hall–Kier alpha value is -1.75. The highest BCUT2D eigenvalue weighted by molar-refractivity contribution is 5.55.